The largest absolute Gasteiger partial charge is 0.319 e. The van der Waals surface area contributed by atoms with E-state index in [1.165, 1.54) is 0 Å². The van der Waals surface area contributed by atoms with E-state index in [1.807, 2.05) is 25.2 Å². The van der Waals surface area contributed by atoms with E-state index in [1.54, 1.807) is 0 Å². The molecule has 0 aromatic carbocycles. The average molecular weight is 161 g/mol. The fourth-order valence-electron chi connectivity index (χ4n) is 0.934. The summed E-state index contributed by atoms with van der Waals surface area (Å²) in [6.45, 7) is 6.11. The zero-order valence-electron chi connectivity index (χ0n) is 7.89. The van der Waals surface area contributed by atoms with Crippen LogP contribution >= 0.6 is 0 Å². The predicted molar refractivity (Wildman–Crippen MR) is 52.4 cm³/mol. The van der Waals surface area contributed by atoms with Gasteiger partial charge in [-0.25, -0.2) is 0 Å². The Kier molecular flexibility index (Phi) is 2.12. The van der Waals surface area contributed by atoms with Crippen molar-refractivity contribution in [2.24, 2.45) is 11.1 Å². The molecular weight excluding hydrogens is 146 g/mol. The lowest BCUT2D eigenvalue weighted by atomic mass is 9.89. The number of rotatable bonds is 0. The molecular formula is C11H15N. The minimum absolute atomic E-state index is 0.0641. The van der Waals surface area contributed by atoms with Crippen LogP contribution in [-0.4, -0.2) is 5.54 Å². The van der Waals surface area contributed by atoms with E-state index in [0.29, 0.717) is 0 Å². The van der Waals surface area contributed by atoms with Gasteiger partial charge in [-0.05, 0) is 26.8 Å². The highest BCUT2D eigenvalue weighted by Crippen LogP contribution is 2.19. The SMILES string of the molecule is CC1(C)C#C/C=C\C(C)(N)/C=C\1. The second-order valence-electron chi connectivity index (χ2n) is 4.02. The third-order valence-corrected chi connectivity index (χ3v) is 1.78. The van der Waals surface area contributed by atoms with Crippen LogP contribution in [0.2, 0.25) is 0 Å². The fraction of sp³-hybridized carbons (Fsp3) is 0.455. The minimum atomic E-state index is -0.355. The smallest absolute Gasteiger partial charge is 0.0506 e. The molecule has 0 saturated heterocycles. The van der Waals surface area contributed by atoms with E-state index in [0.717, 1.165) is 0 Å². The van der Waals surface area contributed by atoms with E-state index in [-0.39, 0.29) is 11.0 Å². The van der Waals surface area contributed by atoms with E-state index in [4.69, 9.17) is 5.73 Å². The van der Waals surface area contributed by atoms with Crippen LogP contribution in [0.4, 0.5) is 0 Å². The summed E-state index contributed by atoms with van der Waals surface area (Å²) in [7, 11) is 0. The second-order valence-corrected chi connectivity index (χ2v) is 4.02. The third kappa shape index (κ3) is 2.56. The number of nitrogens with two attached hydrogens (primary N) is 1. The Morgan fingerprint density at radius 3 is 2.42 bits per heavy atom. The maximum atomic E-state index is 5.93. The van der Waals surface area contributed by atoms with Crippen molar-refractivity contribution < 1.29 is 0 Å². The van der Waals surface area contributed by atoms with Gasteiger partial charge >= 0.3 is 0 Å². The maximum absolute atomic E-state index is 5.93. The van der Waals surface area contributed by atoms with Gasteiger partial charge in [-0.1, -0.05) is 30.1 Å². The molecule has 64 valence electrons. The minimum Gasteiger partial charge on any atom is -0.319 e. The highest BCUT2D eigenvalue weighted by atomic mass is 14.7. The molecule has 0 saturated carbocycles. The molecule has 0 aliphatic heterocycles. The molecule has 1 aliphatic carbocycles. The van der Waals surface area contributed by atoms with Crippen LogP contribution in [-0.2, 0) is 0 Å². The molecule has 0 heterocycles. The molecule has 1 aliphatic rings. The molecule has 1 unspecified atom stereocenters. The van der Waals surface area contributed by atoms with Crippen molar-refractivity contribution in [2.45, 2.75) is 26.3 Å². The normalized spacial score (nSPS) is 37.0. The van der Waals surface area contributed by atoms with Crippen LogP contribution < -0.4 is 5.73 Å². The Balaban J connectivity index is 3.03. The molecule has 2 N–H and O–H groups in total. The van der Waals surface area contributed by atoms with Gasteiger partial charge in [0.2, 0.25) is 0 Å². The molecule has 0 fully saturated rings. The topological polar surface area (TPSA) is 26.0 Å². The lowest BCUT2D eigenvalue weighted by Gasteiger charge is -2.19. The molecule has 0 amide bonds. The highest BCUT2D eigenvalue weighted by molar-refractivity contribution is 5.31. The molecule has 12 heavy (non-hydrogen) atoms. The third-order valence-electron chi connectivity index (χ3n) is 1.78. The van der Waals surface area contributed by atoms with Crippen LogP contribution in [0.1, 0.15) is 20.8 Å². The zero-order chi connectivity index (χ0) is 9.24. The Morgan fingerprint density at radius 1 is 1.08 bits per heavy atom. The predicted octanol–water partition coefficient (Wildman–Crippen LogP) is 1.86. The standard InChI is InChI=1S/C11H15N/c1-10(2)6-4-5-7-11(3,12)9-8-10/h5,7-9H,12H2,1-3H3/b7-5-,9-8-. The lowest BCUT2D eigenvalue weighted by Crippen LogP contribution is -2.31. The number of hydrogen-bond donors (Lipinski definition) is 1. The quantitative estimate of drug-likeness (QED) is 0.426. The van der Waals surface area contributed by atoms with Gasteiger partial charge in [0.25, 0.3) is 0 Å². The van der Waals surface area contributed by atoms with Gasteiger partial charge in [-0.15, -0.1) is 0 Å². The van der Waals surface area contributed by atoms with Crippen LogP contribution in [0.25, 0.3) is 0 Å². The van der Waals surface area contributed by atoms with Crippen molar-refractivity contribution in [2.75, 3.05) is 0 Å². The summed E-state index contributed by atoms with van der Waals surface area (Å²) in [5.74, 6) is 6.09. The van der Waals surface area contributed by atoms with E-state index < -0.39 is 0 Å². The van der Waals surface area contributed by atoms with Crippen LogP contribution in [0.15, 0.2) is 24.3 Å². The zero-order valence-corrected chi connectivity index (χ0v) is 7.89. The lowest BCUT2D eigenvalue weighted by molar-refractivity contribution is 0.633. The molecule has 1 heteroatoms. The molecule has 0 aromatic rings. The van der Waals surface area contributed by atoms with Crippen molar-refractivity contribution in [3.05, 3.63) is 24.3 Å². The van der Waals surface area contributed by atoms with Crippen molar-refractivity contribution in [1.82, 2.24) is 0 Å². The second kappa shape index (κ2) is 2.80. The summed E-state index contributed by atoms with van der Waals surface area (Å²) in [6.07, 6.45) is 7.79. The highest BCUT2D eigenvalue weighted by Gasteiger charge is 2.15. The monoisotopic (exact) mass is 161 g/mol. The molecule has 1 nitrogen and oxygen atoms in total. The molecule has 0 spiro atoms. The van der Waals surface area contributed by atoms with Gasteiger partial charge in [0, 0.05) is 5.41 Å². The first-order valence-electron chi connectivity index (χ1n) is 4.11. The average Bonchev–Trinajstić information content (AvgIpc) is 1.94. The van der Waals surface area contributed by atoms with E-state index in [2.05, 4.69) is 31.8 Å². The van der Waals surface area contributed by atoms with Crippen molar-refractivity contribution in [3.8, 4) is 11.8 Å². The first-order valence-corrected chi connectivity index (χ1v) is 4.11. The molecule has 0 radical (unpaired) electrons. The summed E-state index contributed by atoms with van der Waals surface area (Å²) >= 11 is 0. The maximum Gasteiger partial charge on any atom is 0.0506 e. The Morgan fingerprint density at radius 2 is 1.75 bits per heavy atom. The summed E-state index contributed by atoms with van der Waals surface area (Å²) < 4.78 is 0. The molecule has 1 atom stereocenters. The Hall–Kier alpha value is -1.00. The van der Waals surface area contributed by atoms with Crippen molar-refractivity contribution in [3.63, 3.8) is 0 Å². The molecule has 1 rings (SSSR count). The van der Waals surface area contributed by atoms with Gasteiger partial charge in [0.1, 0.15) is 0 Å². The number of allylic oxidation sites excluding steroid dienone is 2. The summed E-state index contributed by atoms with van der Waals surface area (Å²) in [4.78, 5) is 0. The van der Waals surface area contributed by atoms with Gasteiger partial charge in [-0.3, -0.25) is 0 Å². The summed E-state index contributed by atoms with van der Waals surface area (Å²) in [5, 5.41) is 0. The van der Waals surface area contributed by atoms with Gasteiger partial charge in [-0.2, -0.15) is 0 Å². The molecule has 0 bridgehead atoms. The summed E-state index contributed by atoms with van der Waals surface area (Å²) in [5.41, 5.74) is 5.51. The van der Waals surface area contributed by atoms with Crippen LogP contribution in [0.5, 0.6) is 0 Å². The van der Waals surface area contributed by atoms with Crippen molar-refractivity contribution in [1.29, 1.82) is 0 Å². The first-order chi connectivity index (χ1) is 5.41. The summed E-state index contributed by atoms with van der Waals surface area (Å²) in [6, 6.07) is 0. The Labute approximate surface area is 74.3 Å². The van der Waals surface area contributed by atoms with E-state index >= 15 is 0 Å². The Bertz CT molecular complexity index is 282. The fourth-order valence-corrected chi connectivity index (χ4v) is 0.934. The van der Waals surface area contributed by atoms with E-state index in [9.17, 15) is 0 Å². The van der Waals surface area contributed by atoms with Gasteiger partial charge < -0.3 is 5.73 Å². The van der Waals surface area contributed by atoms with Gasteiger partial charge in [0.15, 0.2) is 0 Å². The van der Waals surface area contributed by atoms with Crippen molar-refractivity contribution >= 4 is 0 Å². The van der Waals surface area contributed by atoms with Crippen LogP contribution in [0, 0.1) is 17.3 Å². The number of hydrogen-bond acceptors (Lipinski definition) is 1. The van der Waals surface area contributed by atoms with Gasteiger partial charge in [0.05, 0.1) is 5.54 Å². The van der Waals surface area contributed by atoms with Crippen LogP contribution in [0.3, 0.4) is 0 Å². The molecule has 0 aromatic heterocycles. The first kappa shape index (κ1) is 9.09.